The van der Waals surface area contributed by atoms with E-state index in [2.05, 4.69) is 19.1 Å². The van der Waals surface area contributed by atoms with Crippen LogP contribution >= 0.6 is 11.3 Å². The van der Waals surface area contributed by atoms with Gasteiger partial charge >= 0.3 is 0 Å². The first-order chi connectivity index (χ1) is 12.2. The van der Waals surface area contributed by atoms with Crippen LogP contribution in [0.25, 0.3) is 6.08 Å². The second-order valence-electron chi connectivity index (χ2n) is 6.02. The predicted molar refractivity (Wildman–Crippen MR) is 102 cm³/mol. The van der Waals surface area contributed by atoms with Crippen molar-refractivity contribution in [1.82, 2.24) is 9.80 Å². The molecule has 1 fully saturated rings. The molecule has 0 aliphatic carbocycles. The van der Waals surface area contributed by atoms with Gasteiger partial charge in [-0.05, 0) is 35.1 Å². The number of nitrogens with zero attached hydrogens (tertiary/aromatic N) is 2. The average molecular weight is 354 g/mol. The second kappa shape index (κ2) is 8.12. The van der Waals surface area contributed by atoms with E-state index in [4.69, 9.17) is 0 Å². The molecule has 0 atom stereocenters. The van der Waals surface area contributed by atoms with Gasteiger partial charge < -0.3 is 9.80 Å². The number of hydrogen-bond donors (Lipinski definition) is 0. The third kappa shape index (κ3) is 4.37. The maximum Gasteiger partial charge on any atom is 0.264 e. The quantitative estimate of drug-likeness (QED) is 0.791. The molecule has 1 saturated heterocycles. The summed E-state index contributed by atoms with van der Waals surface area (Å²) in [6.07, 6.45) is 4.49. The molecular weight excluding hydrogens is 332 g/mol. The molecule has 0 radical (unpaired) electrons. The van der Waals surface area contributed by atoms with Gasteiger partial charge in [0.1, 0.15) is 0 Å². The first kappa shape index (κ1) is 17.4. The van der Waals surface area contributed by atoms with Gasteiger partial charge in [0.15, 0.2) is 0 Å². The van der Waals surface area contributed by atoms with Gasteiger partial charge in [0.25, 0.3) is 5.91 Å². The lowest BCUT2D eigenvalue weighted by molar-refractivity contribution is -0.127. The minimum atomic E-state index is 0.00258. The molecule has 2 aromatic rings. The van der Waals surface area contributed by atoms with Crippen LogP contribution in [0.1, 0.15) is 27.7 Å². The van der Waals surface area contributed by atoms with Gasteiger partial charge in [-0.25, -0.2) is 0 Å². The first-order valence-electron chi connectivity index (χ1n) is 8.56. The smallest absolute Gasteiger partial charge is 0.264 e. The fourth-order valence-corrected chi connectivity index (χ4v) is 3.51. The highest BCUT2D eigenvalue weighted by Gasteiger charge is 2.24. The van der Waals surface area contributed by atoms with E-state index in [1.165, 1.54) is 16.9 Å². The Kier molecular flexibility index (Phi) is 5.66. The van der Waals surface area contributed by atoms with Crippen molar-refractivity contribution in [1.29, 1.82) is 0 Å². The van der Waals surface area contributed by atoms with Crippen LogP contribution < -0.4 is 0 Å². The van der Waals surface area contributed by atoms with Crippen LogP contribution in [0.3, 0.4) is 0 Å². The zero-order chi connectivity index (χ0) is 17.6. The van der Waals surface area contributed by atoms with Gasteiger partial charge in [0.2, 0.25) is 5.91 Å². The largest absolute Gasteiger partial charge is 0.336 e. The van der Waals surface area contributed by atoms with Crippen LogP contribution in [0.15, 0.2) is 47.9 Å². The third-order valence-electron chi connectivity index (χ3n) is 4.42. The minimum Gasteiger partial charge on any atom is -0.336 e. The van der Waals surface area contributed by atoms with E-state index in [1.807, 2.05) is 40.6 Å². The summed E-state index contributed by atoms with van der Waals surface area (Å²) in [6, 6.07) is 11.9. The number of benzene rings is 1. The summed E-state index contributed by atoms with van der Waals surface area (Å²) in [7, 11) is 0. The fourth-order valence-electron chi connectivity index (χ4n) is 2.82. The molecule has 3 rings (SSSR count). The summed E-state index contributed by atoms with van der Waals surface area (Å²) < 4.78 is 0. The van der Waals surface area contributed by atoms with Gasteiger partial charge in [-0.2, -0.15) is 0 Å². The fraction of sp³-hybridized carbons (Fsp3) is 0.300. The van der Waals surface area contributed by atoms with Crippen LogP contribution in [0.2, 0.25) is 0 Å². The van der Waals surface area contributed by atoms with Crippen molar-refractivity contribution >= 4 is 29.2 Å². The molecule has 5 heteroatoms. The SMILES string of the molecule is CCc1ccc(/C=C/C(=O)N2CCN(C(=O)c3cccs3)CC2)cc1. The maximum atomic E-state index is 12.3. The zero-order valence-electron chi connectivity index (χ0n) is 14.4. The van der Waals surface area contributed by atoms with Crippen LogP contribution in [-0.4, -0.2) is 47.8 Å². The molecule has 1 aliphatic heterocycles. The van der Waals surface area contributed by atoms with Crippen molar-refractivity contribution in [2.24, 2.45) is 0 Å². The predicted octanol–water partition coefficient (Wildman–Crippen LogP) is 3.31. The molecule has 1 aromatic carbocycles. The number of piperazine rings is 1. The van der Waals surface area contributed by atoms with Crippen molar-refractivity contribution in [3.63, 3.8) is 0 Å². The normalized spacial score (nSPS) is 14.9. The van der Waals surface area contributed by atoms with Crippen molar-refractivity contribution < 1.29 is 9.59 Å². The molecule has 25 heavy (non-hydrogen) atoms. The van der Waals surface area contributed by atoms with E-state index >= 15 is 0 Å². The Labute approximate surface area is 152 Å². The standard InChI is InChI=1S/C20H22N2O2S/c1-2-16-5-7-17(8-6-16)9-10-19(23)21-11-13-22(14-12-21)20(24)18-4-3-15-25-18/h3-10,15H,2,11-14H2,1H3/b10-9+. The van der Waals surface area contributed by atoms with Gasteiger partial charge in [-0.3, -0.25) is 9.59 Å². The Morgan fingerprint density at radius 1 is 1.04 bits per heavy atom. The van der Waals surface area contributed by atoms with Crippen molar-refractivity contribution in [3.8, 4) is 0 Å². The lowest BCUT2D eigenvalue weighted by atomic mass is 10.1. The topological polar surface area (TPSA) is 40.6 Å². The van der Waals surface area contributed by atoms with Gasteiger partial charge in [-0.1, -0.05) is 37.3 Å². The monoisotopic (exact) mass is 354 g/mol. The third-order valence-corrected chi connectivity index (χ3v) is 5.27. The second-order valence-corrected chi connectivity index (χ2v) is 6.97. The highest BCUT2D eigenvalue weighted by atomic mass is 32.1. The van der Waals surface area contributed by atoms with Crippen molar-refractivity contribution in [3.05, 3.63) is 63.9 Å². The van der Waals surface area contributed by atoms with E-state index < -0.39 is 0 Å². The van der Waals surface area contributed by atoms with Gasteiger partial charge in [0.05, 0.1) is 4.88 Å². The molecule has 2 amide bonds. The van der Waals surface area contributed by atoms with E-state index in [0.29, 0.717) is 26.2 Å². The van der Waals surface area contributed by atoms with E-state index in [-0.39, 0.29) is 11.8 Å². The van der Waals surface area contributed by atoms with E-state index in [1.54, 1.807) is 11.0 Å². The Hall–Kier alpha value is -2.40. The van der Waals surface area contributed by atoms with Crippen LogP contribution in [0, 0.1) is 0 Å². The number of aryl methyl sites for hydroxylation is 1. The summed E-state index contributed by atoms with van der Waals surface area (Å²) in [6.45, 7) is 4.45. The van der Waals surface area contributed by atoms with Crippen LogP contribution in [0.5, 0.6) is 0 Å². The molecule has 0 N–H and O–H groups in total. The zero-order valence-corrected chi connectivity index (χ0v) is 15.2. The van der Waals surface area contributed by atoms with Gasteiger partial charge in [0, 0.05) is 32.3 Å². The Balaban J connectivity index is 1.52. The van der Waals surface area contributed by atoms with Crippen molar-refractivity contribution in [2.45, 2.75) is 13.3 Å². The highest BCUT2D eigenvalue weighted by molar-refractivity contribution is 7.12. The molecule has 1 aliphatic rings. The number of carbonyl (C=O) groups is 2. The molecule has 4 nitrogen and oxygen atoms in total. The first-order valence-corrected chi connectivity index (χ1v) is 9.44. The van der Waals surface area contributed by atoms with E-state index in [9.17, 15) is 9.59 Å². The number of thiophene rings is 1. The number of rotatable bonds is 4. The molecule has 0 bridgehead atoms. The lowest BCUT2D eigenvalue weighted by Gasteiger charge is -2.34. The van der Waals surface area contributed by atoms with Gasteiger partial charge in [-0.15, -0.1) is 11.3 Å². The molecule has 130 valence electrons. The van der Waals surface area contributed by atoms with Crippen LogP contribution in [0.4, 0.5) is 0 Å². The Morgan fingerprint density at radius 2 is 1.72 bits per heavy atom. The highest BCUT2D eigenvalue weighted by Crippen LogP contribution is 2.14. The Morgan fingerprint density at radius 3 is 2.32 bits per heavy atom. The summed E-state index contributed by atoms with van der Waals surface area (Å²) >= 11 is 1.46. The number of hydrogen-bond acceptors (Lipinski definition) is 3. The summed E-state index contributed by atoms with van der Waals surface area (Å²) in [5.74, 6) is 0.0662. The van der Waals surface area contributed by atoms with E-state index in [0.717, 1.165) is 16.9 Å². The Bertz CT molecular complexity index is 743. The number of carbonyl (C=O) groups excluding carboxylic acids is 2. The van der Waals surface area contributed by atoms with Crippen LogP contribution in [-0.2, 0) is 11.2 Å². The molecule has 0 saturated carbocycles. The number of amides is 2. The average Bonchev–Trinajstić information content (AvgIpc) is 3.21. The molecule has 1 aromatic heterocycles. The summed E-state index contributed by atoms with van der Waals surface area (Å²) in [5, 5.41) is 1.91. The minimum absolute atomic E-state index is 0.00258. The lowest BCUT2D eigenvalue weighted by Crippen LogP contribution is -2.50. The summed E-state index contributed by atoms with van der Waals surface area (Å²) in [4.78, 5) is 29.0. The van der Waals surface area contributed by atoms with Crippen molar-refractivity contribution in [2.75, 3.05) is 26.2 Å². The maximum absolute atomic E-state index is 12.3. The summed E-state index contributed by atoms with van der Waals surface area (Å²) in [5.41, 5.74) is 2.31. The molecule has 2 heterocycles. The molecule has 0 spiro atoms. The molecular formula is C20H22N2O2S. The molecule has 0 unspecified atom stereocenters.